The number of hydrogen-bond acceptors (Lipinski definition) is 4. The smallest absolute Gasteiger partial charge is 0.249 e. The number of imide groups is 1. The van der Waals surface area contributed by atoms with Crippen molar-refractivity contribution in [3.8, 4) is 0 Å². The van der Waals surface area contributed by atoms with Crippen LogP contribution in [-0.2, 0) is 19.2 Å². The van der Waals surface area contributed by atoms with Crippen molar-refractivity contribution in [1.82, 2.24) is 14.7 Å². The molecule has 1 saturated carbocycles. The minimum Gasteiger partial charge on any atom is -0.336 e. The van der Waals surface area contributed by atoms with E-state index in [1.807, 2.05) is 23.8 Å². The van der Waals surface area contributed by atoms with Crippen LogP contribution in [0.1, 0.15) is 46.5 Å². The van der Waals surface area contributed by atoms with Gasteiger partial charge in [0, 0.05) is 33.5 Å². The van der Waals surface area contributed by atoms with Gasteiger partial charge in [-0.2, -0.15) is 0 Å². The standard InChI is InChI=1S/C20H27N3O4/c1-11-6-13(24)23-10-19-9-18(8-14(25)21(4)15(18)26)17(2,3)12(19)7-20(11,23)16(27)22(19)5/h11-12H,6-10H2,1-5H3/t11-,12-,18-,19?,20?/m0/s1. The molecule has 7 nitrogen and oxygen atoms in total. The Labute approximate surface area is 159 Å². The molecule has 5 heterocycles. The summed E-state index contributed by atoms with van der Waals surface area (Å²) in [6.07, 6.45) is 1.67. The average Bonchev–Trinajstić information content (AvgIpc) is 3.07. The lowest BCUT2D eigenvalue weighted by atomic mass is 9.57. The summed E-state index contributed by atoms with van der Waals surface area (Å²) in [7, 11) is 3.40. The van der Waals surface area contributed by atoms with Gasteiger partial charge in [-0.3, -0.25) is 24.1 Å². The summed E-state index contributed by atoms with van der Waals surface area (Å²) in [5, 5.41) is 0. The highest BCUT2D eigenvalue weighted by Crippen LogP contribution is 2.72. The highest BCUT2D eigenvalue weighted by atomic mass is 16.2. The molecule has 0 aromatic rings. The number of rotatable bonds is 0. The van der Waals surface area contributed by atoms with E-state index < -0.39 is 21.9 Å². The van der Waals surface area contributed by atoms with Crippen LogP contribution in [0.25, 0.3) is 0 Å². The maximum Gasteiger partial charge on any atom is 0.249 e. The van der Waals surface area contributed by atoms with Crippen LogP contribution in [0.3, 0.4) is 0 Å². The number of piperidine rings is 2. The highest BCUT2D eigenvalue weighted by Gasteiger charge is 2.81. The largest absolute Gasteiger partial charge is 0.336 e. The first-order valence-electron chi connectivity index (χ1n) is 9.85. The molecule has 0 aromatic heterocycles. The molecule has 5 aliphatic heterocycles. The zero-order valence-electron chi connectivity index (χ0n) is 16.7. The zero-order valence-corrected chi connectivity index (χ0v) is 16.7. The predicted molar refractivity (Wildman–Crippen MR) is 95.1 cm³/mol. The van der Waals surface area contributed by atoms with Crippen LogP contribution < -0.4 is 0 Å². The van der Waals surface area contributed by atoms with Gasteiger partial charge >= 0.3 is 0 Å². The van der Waals surface area contributed by atoms with E-state index in [2.05, 4.69) is 13.8 Å². The number of likely N-dealkylation sites (N-methyl/N-ethyl adjacent to an activating group) is 1. The Balaban J connectivity index is 1.71. The van der Waals surface area contributed by atoms with Crippen molar-refractivity contribution in [2.75, 3.05) is 20.6 Å². The van der Waals surface area contributed by atoms with E-state index >= 15 is 0 Å². The van der Waals surface area contributed by atoms with Gasteiger partial charge in [0.1, 0.15) is 5.54 Å². The van der Waals surface area contributed by atoms with E-state index in [0.717, 1.165) is 0 Å². The van der Waals surface area contributed by atoms with E-state index in [-0.39, 0.29) is 41.9 Å². The molecule has 0 aromatic carbocycles. The Bertz CT molecular complexity index is 837. The number of hydrogen-bond donors (Lipinski definition) is 0. The number of fused-ring (bicyclic) bond motifs is 1. The number of nitrogens with zero attached hydrogens (tertiary/aromatic N) is 3. The topological polar surface area (TPSA) is 78.0 Å². The van der Waals surface area contributed by atoms with Gasteiger partial charge in [-0.05, 0) is 30.1 Å². The molecule has 0 radical (unpaired) electrons. The summed E-state index contributed by atoms with van der Waals surface area (Å²) in [4.78, 5) is 56.8. The van der Waals surface area contributed by atoms with Crippen molar-refractivity contribution >= 4 is 23.6 Å². The van der Waals surface area contributed by atoms with Crippen molar-refractivity contribution in [2.24, 2.45) is 22.7 Å². The van der Waals surface area contributed by atoms with Crippen LogP contribution >= 0.6 is 0 Å². The third-order valence-electron chi connectivity index (χ3n) is 9.27. The fourth-order valence-electron chi connectivity index (χ4n) is 7.54. The molecule has 4 amide bonds. The molecule has 7 heteroatoms. The maximum absolute atomic E-state index is 13.5. The lowest BCUT2D eigenvalue weighted by molar-refractivity contribution is -0.192. The SMILES string of the molecule is C[C@H]1CC(=O)N2CC34C[C@]5(CC(=O)N(C)C5=O)C(C)(C)[C@@H]3CC12C(=O)N4C. The Hall–Kier alpha value is -1.92. The third-order valence-corrected chi connectivity index (χ3v) is 9.27. The molecule has 3 spiro atoms. The molecule has 6 aliphatic rings. The quantitative estimate of drug-likeness (QED) is 0.584. The Morgan fingerprint density at radius 2 is 1.67 bits per heavy atom. The molecule has 6 fully saturated rings. The van der Waals surface area contributed by atoms with Gasteiger partial charge in [0.25, 0.3) is 0 Å². The van der Waals surface area contributed by atoms with Crippen molar-refractivity contribution in [2.45, 2.75) is 57.5 Å². The van der Waals surface area contributed by atoms with Crippen molar-refractivity contribution in [1.29, 1.82) is 0 Å². The fraction of sp³-hybridized carbons (Fsp3) is 0.800. The van der Waals surface area contributed by atoms with Crippen LogP contribution in [-0.4, -0.2) is 70.0 Å². The molecule has 2 unspecified atom stereocenters. The van der Waals surface area contributed by atoms with Gasteiger partial charge < -0.3 is 9.80 Å². The number of carbonyl (C=O) groups is 4. The molecule has 2 bridgehead atoms. The lowest BCUT2D eigenvalue weighted by Gasteiger charge is -2.64. The van der Waals surface area contributed by atoms with Crippen molar-refractivity contribution in [3.63, 3.8) is 0 Å². The second kappa shape index (κ2) is 4.39. The molecule has 146 valence electrons. The second-order valence-corrected chi connectivity index (χ2v) is 10.1. The van der Waals surface area contributed by atoms with Crippen molar-refractivity contribution in [3.05, 3.63) is 0 Å². The van der Waals surface area contributed by atoms with E-state index in [4.69, 9.17) is 0 Å². The minimum absolute atomic E-state index is 0.0151. The number of amides is 4. The molecule has 6 rings (SSSR count). The van der Waals surface area contributed by atoms with Crippen LogP contribution in [0.2, 0.25) is 0 Å². The first kappa shape index (κ1) is 17.2. The predicted octanol–water partition coefficient (Wildman–Crippen LogP) is 0.629. The van der Waals surface area contributed by atoms with E-state index in [9.17, 15) is 19.2 Å². The zero-order chi connectivity index (χ0) is 19.7. The molecule has 27 heavy (non-hydrogen) atoms. The van der Waals surface area contributed by atoms with Gasteiger partial charge in [-0.1, -0.05) is 20.8 Å². The van der Waals surface area contributed by atoms with Gasteiger partial charge in [-0.25, -0.2) is 0 Å². The summed E-state index contributed by atoms with van der Waals surface area (Å²) in [5.74, 6) is -0.153. The monoisotopic (exact) mass is 373 g/mol. The van der Waals surface area contributed by atoms with E-state index in [0.29, 0.717) is 25.8 Å². The Kier molecular flexibility index (Phi) is 2.79. The van der Waals surface area contributed by atoms with Gasteiger partial charge in [0.15, 0.2) is 0 Å². The van der Waals surface area contributed by atoms with Crippen LogP contribution in [0.15, 0.2) is 0 Å². The van der Waals surface area contributed by atoms with Gasteiger partial charge in [0.05, 0.1) is 11.0 Å². The molecule has 5 atom stereocenters. The van der Waals surface area contributed by atoms with Gasteiger partial charge in [-0.15, -0.1) is 0 Å². The number of likely N-dealkylation sites (tertiary alicyclic amines) is 1. The summed E-state index contributed by atoms with van der Waals surface area (Å²) < 4.78 is 0. The van der Waals surface area contributed by atoms with Gasteiger partial charge in [0.2, 0.25) is 23.6 Å². The lowest BCUT2D eigenvalue weighted by Crippen LogP contribution is -2.80. The number of carbonyl (C=O) groups excluding carboxylic acids is 4. The van der Waals surface area contributed by atoms with Crippen molar-refractivity contribution < 1.29 is 19.2 Å². The first-order chi connectivity index (χ1) is 12.5. The molecular formula is C20H27N3O4. The molecule has 1 aliphatic carbocycles. The Morgan fingerprint density at radius 1 is 1.00 bits per heavy atom. The van der Waals surface area contributed by atoms with E-state index in [1.54, 1.807) is 7.05 Å². The third kappa shape index (κ3) is 1.45. The summed E-state index contributed by atoms with van der Waals surface area (Å²) in [6.45, 7) is 6.67. The van der Waals surface area contributed by atoms with Crippen LogP contribution in [0.4, 0.5) is 0 Å². The number of piperazine rings is 1. The normalized spacial score (nSPS) is 47.5. The second-order valence-electron chi connectivity index (χ2n) is 10.1. The minimum atomic E-state index is -0.796. The summed E-state index contributed by atoms with van der Waals surface area (Å²) in [6, 6.07) is 0. The van der Waals surface area contributed by atoms with Crippen LogP contribution in [0, 0.1) is 22.7 Å². The average molecular weight is 373 g/mol. The summed E-state index contributed by atoms with van der Waals surface area (Å²) >= 11 is 0. The molecule has 5 saturated heterocycles. The Morgan fingerprint density at radius 3 is 2.26 bits per heavy atom. The fourth-order valence-corrected chi connectivity index (χ4v) is 7.54. The maximum atomic E-state index is 13.5. The molecule has 0 N–H and O–H groups in total. The highest BCUT2D eigenvalue weighted by molar-refractivity contribution is 6.07. The van der Waals surface area contributed by atoms with Crippen LogP contribution in [0.5, 0.6) is 0 Å². The summed E-state index contributed by atoms with van der Waals surface area (Å²) in [5.41, 5.74) is -2.57. The first-order valence-corrected chi connectivity index (χ1v) is 9.85. The molecular weight excluding hydrogens is 346 g/mol. The van der Waals surface area contributed by atoms with E-state index in [1.165, 1.54) is 4.90 Å².